The van der Waals surface area contributed by atoms with Gasteiger partial charge < -0.3 is 14.0 Å². The lowest BCUT2D eigenvalue weighted by Gasteiger charge is -2.01. The predicted molar refractivity (Wildman–Crippen MR) is 103 cm³/mol. The number of carbonyl (C=O) groups is 1. The summed E-state index contributed by atoms with van der Waals surface area (Å²) in [5.74, 6) is 3.69. The molecule has 26 heavy (non-hydrogen) atoms. The first-order chi connectivity index (χ1) is 12.7. The number of benzene rings is 2. The standard InChI is InChI=1S/C19H14N2O3S2/c1-3-8-21-14-9-15-16(24-11-23-15)10-17(14)26-19(21)20-18(22)12-4-6-13(25-2)7-5-12/h1,4-7,9-10H,8,11H2,2H3. The van der Waals surface area contributed by atoms with Gasteiger partial charge in [-0.1, -0.05) is 17.3 Å². The van der Waals surface area contributed by atoms with Crippen molar-refractivity contribution in [1.82, 2.24) is 4.57 Å². The van der Waals surface area contributed by atoms with Gasteiger partial charge in [-0.2, -0.15) is 4.99 Å². The van der Waals surface area contributed by atoms with Crippen LogP contribution in [0.3, 0.4) is 0 Å². The Hall–Kier alpha value is -2.69. The Kier molecular flexibility index (Phi) is 4.45. The number of carbonyl (C=O) groups excluding carboxylic acids is 1. The molecule has 1 aliphatic rings. The Balaban J connectivity index is 1.81. The molecule has 3 aromatic rings. The van der Waals surface area contributed by atoms with Crippen LogP contribution in [0.2, 0.25) is 0 Å². The van der Waals surface area contributed by atoms with Crippen molar-refractivity contribution in [2.24, 2.45) is 4.99 Å². The van der Waals surface area contributed by atoms with Crippen LogP contribution in [-0.4, -0.2) is 23.5 Å². The fourth-order valence-corrected chi connectivity index (χ4v) is 4.12. The van der Waals surface area contributed by atoms with Gasteiger partial charge in [-0.15, -0.1) is 18.2 Å². The molecule has 4 rings (SSSR count). The van der Waals surface area contributed by atoms with Gasteiger partial charge in [0.15, 0.2) is 16.3 Å². The molecule has 0 aliphatic carbocycles. The lowest BCUT2D eigenvalue weighted by molar-refractivity contribution is 0.0998. The van der Waals surface area contributed by atoms with Crippen molar-refractivity contribution in [3.8, 4) is 23.8 Å². The number of ether oxygens (including phenoxy) is 2. The molecule has 7 heteroatoms. The van der Waals surface area contributed by atoms with Gasteiger partial charge in [-0.3, -0.25) is 4.79 Å². The molecule has 0 unspecified atom stereocenters. The largest absolute Gasteiger partial charge is 0.454 e. The van der Waals surface area contributed by atoms with Gasteiger partial charge in [0.25, 0.3) is 5.91 Å². The number of thioether (sulfide) groups is 1. The molecule has 0 fully saturated rings. The van der Waals surface area contributed by atoms with Crippen LogP contribution in [0.5, 0.6) is 11.5 Å². The first kappa shape index (κ1) is 16.8. The Labute approximate surface area is 158 Å². The summed E-state index contributed by atoms with van der Waals surface area (Å²) in [6.07, 6.45) is 7.51. The Morgan fingerprint density at radius 1 is 1.31 bits per heavy atom. The maximum atomic E-state index is 12.6. The highest BCUT2D eigenvalue weighted by molar-refractivity contribution is 7.98. The summed E-state index contributed by atoms with van der Waals surface area (Å²) in [7, 11) is 0. The van der Waals surface area contributed by atoms with Crippen LogP contribution >= 0.6 is 23.1 Å². The number of rotatable bonds is 3. The Bertz CT molecular complexity index is 1100. The number of nitrogens with zero attached hydrogens (tertiary/aromatic N) is 2. The first-order valence-corrected chi connectivity index (χ1v) is 9.83. The summed E-state index contributed by atoms with van der Waals surface area (Å²) in [6, 6.07) is 11.2. The van der Waals surface area contributed by atoms with E-state index in [-0.39, 0.29) is 12.7 Å². The van der Waals surface area contributed by atoms with Gasteiger partial charge in [0.1, 0.15) is 0 Å². The van der Waals surface area contributed by atoms with Crippen molar-refractivity contribution in [1.29, 1.82) is 0 Å². The summed E-state index contributed by atoms with van der Waals surface area (Å²) in [5, 5.41) is 0. The number of thiazole rings is 1. The van der Waals surface area contributed by atoms with E-state index in [0.717, 1.165) is 15.1 Å². The Morgan fingerprint density at radius 2 is 2.04 bits per heavy atom. The summed E-state index contributed by atoms with van der Waals surface area (Å²) in [4.78, 5) is 18.5. The van der Waals surface area contributed by atoms with Crippen LogP contribution in [0.1, 0.15) is 10.4 Å². The monoisotopic (exact) mass is 382 g/mol. The van der Waals surface area contributed by atoms with E-state index in [1.807, 2.05) is 35.1 Å². The fourth-order valence-electron chi connectivity index (χ4n) is 2.67. The van der Waals surface area contributed by atoms with Crippen LogP contribution in [0.4, 0.5) is 0 Å². The maximum Gasteiger partial charge on any atom is 0.279 e. The highest BCUT2D eigenvalue weighted by Crippen LogP contribution is 2.36. The minimum atomic E-state index is -0.296. The van der Waals surface area contributed by atoms with Crippen molar-refractivity contribution >= 4 is 39.2 Å². The molecule has 0 N–H and O–H groups in total. The van der Waals surface area contributed by atoms with Crippen molar-refractivity contribution in [2.45, 2.75) is 11.4 Å². The van der Waals surface area contributed by atoms with E-state index < -0.39 is 0 Å². The van der Waals surface area contributed by atoms with E-state index in [0.29, 0.717) is 28.4 Å². The normalized spacial score (nSPS) is 13.2. The highest BCUT2D eigenvalue weighted by atomic mass is 32.2. The average Bonchev–Trinajstić information content (AvgIpc) is 3.24. The first-order valence-electron chi connectivity index (χ1n) is 7.79. The molecule has 1 amide bonds. The van der Waals surface area contributed by atoms with Crippen LogP contribution in [0.15, 0.2) is 46.3 Å². The topological polar surface area (TPSA) is 52.8 Å². The molecular formula is C19H14N2O3S2. The minimum Gasteiger partial charge on any atom is -0.454 e. The van der Waals surface area contributed by atoms with E-state index in [9.17, 15) is 4.79 Å². The highest BCUT2D eigenvalue weighted by Gasteiger charge is 2.17. The SMILES string of the molecule is C#CCn1c(=NC(=O)c2ccc(SC)cc2)sc2cc3c(cc21)OCO3. The van der Waals surface area contributed by atoms with Crippen molar-refractivity contribution in [3.63, 3.8) is 0 Å². The number of aromatic nitrogens is 1. The van der Waals surface area contributed by atoms with Crippen molar-refractivity contribution in [3.05, 3.63) is 46.8 Å². The third-order valence-corrected chi connectivity index (χ3v) is 5.75. The second-order valence-corrected chi connectivity index (χ2v) is 7.38. The van der Waals surface area contributed by atoms with Crippen molar-refractivity contribution < 1.29 is 14.3 Å². The average molecular weight is 382 g/mol. The lowest BCUT2D eigenvalue weighted by Crippen LogP contribution is -2.16. The van der Waals surface area contributed by atoms with Crippen LogP contribution in [-0.2, 0) is 6.54 Å². The van der Waals surface area contributed by atoms with Gasteiger partial charge in [0.05, 0.1) is 16.8 Å². The van der Waals surface area contributed by atoms with Crippen LogP contribution < -0.4 is 14.3 Å². The van der Waals surface area contributed by atoms with E-state index in [2.05, 4.69) is 10.9 Å². The lowest BCUT2D eigenvalue weighted by atomic mass is 10.2. The molecule has 1 aromatic heterocycles. The van der Waals surface area contributed by atoms with E-state index >= 15 is 0 Å². The molecule has 0 bridgehead atoms. The fraction of sp³-hybridized carbons (Fsp3) is 0.158. The third-order valence-electron chi connectivity index (χ3n) is 3.96. The summed E-state index contributed by atoms with van der Waals surface area (Å²) < 4.78 is 13.6. The van der Waals surface area contributed by atoms with E-state index in [1.54, 1.807) is 23.9 Å². The Morgan fingerprint density at radius 3 is 2.73 bits per heavy atom. The number of amides is 1. The van der Waals surface area contributed by atoms with Gasteiger partial charge >= 0.3 is 0 Å². The molecule has 5 nitrogen and oxygen atoms in total. The molecular weight excluding hydrogens is 368 g/mol. The zero-order chi connectivity index (χ0) is 18.1. The number of terminal acetylenes is 1. The van der Waals surface area contributed by atoms with Gasteiger partial charge in [-0.05, 0) is 30.5 Å². The molecule has 0 spiro atoms. The molecule has 2 heterocycles. The molecule has 0 atom stereocenters. The van der Waals surface area contributed by atoms with Crippen LogP contribution in [0, 0.1) is 12.3 Å². The second-order valence-electron chi connectivity index (χ2n) is 5.49. The molecule has 0 radical (unpaired) electrons. The van der Waals surface area contributed by atoms with Gasteiger partial charge in [0.2, 0.25) is 6.79 Å². The molecule has 2 aromatic carbocycles. The summed E-state index contributed by atoms with van der Waals surface area (Å²) in [5.41, 5.74) is 1.42. The maximum absolute atomic E-state index is 12.6. The molecule has 1 aliphatic heterocycles. The molecule has 130 valence electrons. The second kappa shape index (κ2) is 6.90. The number of hydrogen-bond acceptors (Lipinski definition) is 5. The zero-order valence-corrected chi connectivity index (χ0v) is 15.5. The zero-order valence-electron chi connectivity index (χ0n) is 13.9. The minimum absolute atomic E-state index is 0.212. The van der Waals surface area contributed by atoms with E-state index in [4.69, 9.17) is 15.9 Å². The van der Waals surface area contributed by atoms with E-state index in [1.165, 1.54) is 11.3 Å². The quantitative estimate of drug-likeness (QED) is 0.514. The number of hydrogen-bond donors (Lipinski definition) is 0. The predicted octanol–water partition coefficient (Wildman–Crippen LogP) is 3.53. The third kappa shape index (κ3) is 2.98. The van der Waals surface area contributed by atoms with Gasteiger partial charge in [0, 0.05) is 22.6 Å². The summed E-state index contributed by atoms with van der Waals surface area (Å²) >= 11 is 3.03. The number of fused-ring (bicyclic) bond motifs is 2. The molecule has 0 saturated heterocycles. The summed E-state index contributed by atoms with van der Waals surface area (Å²) in [6.45, 7) is 0.528. The molecule has 0 saturated carbocycles. The van der Waals surface area contributed by atoms with Gasteiger partial charge in [-0.25, -0.2) is 0 Å². The van der Waals surface area contributed by atoms with Crippen LogP contribution in [0.25, 0.3) is 10.2 Å². The smallest absolute Gasteiger partial charge is 0.279 e. The van der Waals surface area contributed by atoms with Crippen molar-refractivity contribution in [2.75, 3.05) is 13.0 Å².